The molecule has 0 spiro atoms. The maximum Gasteiger partial charge on any atom is 0.522 e. The van der Waals surface area contributed by atoms with E-state index in [9.17, 15) is 22.8 Å². The number of ketones is 1. The zero-order chi connectivity index (χ0) is 15.7. The van der Waals surface area contributed by atoms with Gasteiger partial charge in [-0.05, 0) is 27.7 Å². The van der Waals surface area contributed by atoms with Crippen LogP contribution in [-0.2, 0) is 14.3 Å². The van der Waals surface area contributed by atoms with E-state index in [1.54, 1.807) is 20.8 Å². The summed E-state index contributed by atoms with van der Waals surface area (Å²) in [5.74, 6) is -0.399. The van der Waals surface area contributed by atoms with Crippen molar-refractivity contribution in [2.24, 2.45) is 0 Å². The van der Waals surface area contributed by atoms with Crippen molar-refractivity contribution >= 4 is 11.9 Å². The fraction of sp³-hybridized carbons (Fsp3) is 0.833. The van der Waals surface area contributed by atoms with Crippen molar-refractivity contribution in [3.8, 4) is 0 Å². The van der Waals surface area contributed by atoms with Crippen LogP contribution < -0.4 is 0 Å². The summed E-state index contributed by atoms with van der Waals surface area (Å²) in [6.45, 7) is 5.80. The Hall–Kier alpha value is -1.31. The zero-order valence-electron chi connectivity index (χ0n) is 11.8. The van der Waals surface area contributed by atoms with Gasteiger partial charge in [0, 0.05) is 6.42 Å². The number of halogens is 3. The van der Waals surface area contributed by atoms with Gasteiger partial charge in [-0.1, -0.05) is 0 Å². The Morgan fingerprint density at radius 2 is 1.75 bits per heavy atom. The van der Waals surface area contributed by atoms with Crippen LogP contribution in [0.5, 0.6) is 0 Å². The number of rotatable bonds is 2. The van der Waals surface area contributed by atoms with Gasteiger partial charge in [0.2, 0.25) is 0 Å². The summed E-state index contributed by atoms with van der Waals surface area (Å²) in [5.41, 5.74) is -0.790. The molecule has 0 aromatic heterocycles. The monoisotopic (exact) mass is 297 g/mol. The van der Waals surface area contributed by atoms with Crippen LogP contribution in [0.25, 0.3) is 0 Å². The number of Topliss-reactive ketones (excluding diaryl/α,β-unsaturated/α-hetero) is 1. The molecule has 1 amide bonds. The van der Waals surface area contributed by atoms with Gasteiger partial charge >= 0.3 is 12.5 Å². The van der Waals surface area contributed by atoms with E-state index in [0.717, 1.165) is 4.90 Å². The molecule has 1 fully saturated rings. The molecule has 5 nitrogen and oxygen atoms in total. The van der Waals surface area contributed by atoms with Gasteiger partial charge in [0.1, 0.15) is 5.60 Å². The van der Waals surface area contributed by atoms with Gasteiger partial charge < -0.3 is 4.74 Å². The van der Waals surface area contributed by atoms with Crippen LogP contribution in [0, 0.1) is 0 Å². The molecule has 0 aliphatic carbocycles. The average molecular weight is 297 g/mol. The highest BCUT2D eigenvalue weighted by Gasteiger charge is 2.44. The zero-order valence-corrected chi connectivity index (χ0v) is 11.8. The van der Waals surface area contributed by atoms with E-state index in [1.165, 1.54) is 6.92 Å². The van der Waals surface area contributed by atoms with E-state index in [4.69, 9.17) is 4.74 Å². The second-order valence-electron chi connectivity index (χ2n) is 5.68. The first kappa shape index (κ1) is 16.7. The average Bonchev–Trinajstić information content (AvgIpc) is 2.56. The lowest BCUT2D eigenvalue weighted by Crippen LogP contribution is -2.43. The highest BCUT2D eigenvalue weighted by Crippen LogP contribution is 2.28. The standard InChI is InChI=1S/C12H18F3NO4/c1-7(17)9-5-8(19-12(13,14)15)6-16(9)10(18)20-11(2,3)4/h8-9H,5-6H2,1-4H3/t8-,9-/m0/s1. The number of carbonyl (C=O) groups excluding carboxylic acids is 2. The normalized spacial score (nSPS) is 23.9. The van der Waals surface area contributed by atoms with Crippen molar-refractivity contribution in [3.05, 3.63) is 0 Å². The first-order chi connectivity index (χ1) is 8.89. The van der Waals surface area contributed by atoms with Crippen molar-refractivity contribution in [1.82, 2.24) is 4.90 Å². The molecule has 0 radical (unpaired) electrons. The molecular formula is C12H18F3NO4. The van der Waals surface area contributed by atoms with Gasteiger partial charge in [-0.25, -0.2) is 4.79 Å². The third kappa shape index (κ3) is 4.99. The number of hydrogen-bond acceptors (Lipinski definition) is 4. The van der Waals surface area contributed by atoms with Gasteiger partial charge in [-0.3, -0.25) is 14.4 Å². The number of hydrogen-bond donors (Lipinski definition) is 0. The number of likely N-dealkylation sites (tertiary alicyclic amines) is 1. The van der Waals surface area contributed by atoms with Crippen LogP contribution in [0.3, 0.4) is 0 Å². The molecule has 1 saturated heterocycles. The highest BCUT2D eigenvalue weighted by molar-refractivity contribution is 5.86. The SMILES string of the molecule is CC(=O)[C@@H]1C[C@H](OC(F)(F)F)CN1C(=O)OC(C)(C)C. The lowest BCUT2D eigenvalue weighted by Gasteiger charge is -2.27. The van der Waals surface area contributed by atoms with Gasteiger partial charge in [0.05, 0.1) is 18.7 Å². The number of alkyl halides is 3. The molecule has 1 aliphatic rings. The smallest absolute Gasteiger partial charge is 0.444 e. The minimum absolute atomic E-state index is 0.186. The molecule has 0 unspecified atom stereocenters. The highest BCUT2D eigenvalue weighted by atomic mass is 19.4. The molecule has 20 heavy (non-hydrogen) atoms. The molecule has 8 heteroatoms. The summed E-state index contributed by atoms with van der Waals surface area (Å²) >= 11 is 0. The predicted molar refractivity (Wildman–Crippen MR) is 63.0 cm³/mol. The summed E-state index contributed by atoms with van der Waals surface area (Å²) in [5, 5.41) is 0. The van der Waals surface area contributed by atoms with Crippen molar-refractivity contribution < 1.29 is 32.2 Å². The maximum atomic E-state index is 12.2. The summed E-state index contributed by atoms with van der Waals surface area (Å²) < 4.78 is 45.5. The Labute approximate surface area is 115 Å². The van der Waals surface area contributed by atoms with Crippen LogP contribution in [0.4, 0.5) is 18.0 Å². The first-order valence-corrected chi connectivity index (χ1v) is 6.13. The first-order valence-electron chi connectivity index (χ1n) is 6.13. The number of carbonyl (C=O) groups is 2. The van der Waals surface area contributed by atoms with Crippen molar-refractivity contribution in [3.63, 3.8) is 0 Å². The van der Waals surface area contributed by atoms with Gasteiger partial charge in [0.25, 0.3) is 0 Å². The van der Waals surface area contributed by atoms with Crippen LogP contribution in [0.15, 0.2) is 0 Å². The lowest BCUT2D eigenvalue weighted by atomic mass is 10.1. The molecule has 0 bridgehead atoms. The Morgan fingerprint density at radius 3 is 2.15 bits per heavy atom. The molecule has 0 aromatic rings. The molecule has 1 rings (SSSR count). The quantitative estimate of drug-likeness (QED) is 0.786. The molecule has 116 valence electrons. The van der Waals surface area contributed by atoms with Crippen molar-refractivity contribution in [2.75, 3.05) is 6.54 Å². The molecule has 1 heterocycles. The van der Waals surface area contributed by atoms with E-state index in [1.807, 2.05) is 0 Å². The van der Waals surface area contributed by atoms with E-state index >= 15 is 0 Å². The Bertz CT molecular complexity index is 389. The van der Waals surface area contributed by atoms with Gasteiger partial charge in [-0.2, -0.15) is 0 Å². The summed E-state index contributed by atoms with van der Waals surface area (Å²) in [4.78, 5) is 24.3. The fourth-order valence-electron chi connectivity index (χ4n) is 1.98. The molecule has 0 aromatic carbocycles. The summed E-state index contributed by atoms with van der Waals surface area (Å²) in [7, 11) is 0. The van der Waals surface area contributed by atoms with Gasteiger partial charge in [-0.15, -0.1) is 13.2 Å². The van der Waals surface area contributed by atoms with E-state index in [-0.39, 0.29) is 13.0 Å². The molecule has 0 N–H and O–H groups in total. The third-order valence-corrected chi connectivity index (χ3v) is 2.66. The minimum Gasteiger partial charge on any atom is -0.444 e. The van der Waals surface area contributed by atoms with E-state index in [0.29, 0.717) is 0 Å². The Morgan fingerprint density at radius 1 is 1.20 bits per heavy atom. The van der Waals surface area contributed by atoms with Crippen LogP contribution >= 0.6 is 0 Å². The lowest BCUT2D eigenvalue weighted by molar-refractivity contribution is -0.340. The topological polar surface area (TPSA) is 55.8 Å². The predicted octanol–water partition coefficient (Wildman–Crippen LogP) is 2.49. The van der Waals surface area contributed by atoms with Crippen LogP contribution in [-0.4, -0.2) is 47.4 Å². The fourth-order valence-corrected chi connectivity index (χ4v) is 1.98. The number of amides is 1. The number of ether oxygens (including phenoxy) is 2. The largest absolute Gasteiger partial charge is 0.522 e. The van der Waals surface area contributed by atoms with Crippen molar-refractivity contribution in [2.45, 2.75) is 58.2 Å². The van der Waals surface area contributed by atoms with Gasteiger partial charge in [0.15, 0.2) is 5.78 Å². The molecular weight excluding hydrogens is 279 g/mol. The van der Waals surface area contributed by atoms with E-state index in [2.05, 4.69) is 4.74 Å². The summed E-state index contributed by atoms with van der Waals surface area (Å²) in [6, 6.07) is -0.947. The Kier molecular flexibility index (Phi) is 4.68. The molecule has 2 atom stereocenters. The van der Waals surface area contributed by atoms with E-state index < -0.39 is 36.0 Å². The van der Waals surface area contributed by atoms with Crippen LogP contribution in [0.1, 0.15) is 34.1 Å². The molecule has 0 saturated carbocycles. The number of nitrogens with zero attached hydrogens (tertiary/aromatic N) is 1. The Balaban J connectivity index is 2.78. The summed E-state index contributed by atoms with van der Waals surface area (Å²) in [6.07, 6.45) is -7.05. The minimum atomic E-state index is -4.80. The maximum absolute atomic E-state index is 12.2. The van der Waals surface area contributed by atoms with Crippen molar-refractivity contribution in [1.29, 1.82) is 0 Å². The second-order valence-corrected chi connectivity index (χ2v) is 5.68. The molecule has 1 aliphatic heterocycles. The second kappa shape index (κ2) is 5.59. The van der Waals surface area contributed by atoms with Crippen LogP contribution in [0.2, 0.25) is 0 Å². The third-order valence-electron chi connectivity index (χ3n) is 2.66.